The smallest absolute Gasteiger partial charge is 0.214 e. The zero-order chi connectivity index (χ0) is 14.1. The fraction of sp³-hybridized carbons (Fsp3) is 0.500. The van der Waals surface area contributed by atoms with Crippen LogP contribution in [0.4, 0.5) is 0 Å². The molecule has 2 aromatic rings. The van der Waals surface area contributed by atoms with Gasteiger partial charge in [-0.3, -0.25) is 0 Å². The van der Waals surface area contributed by atoms with Crippen molar-refractivity contribution < 1.29 is 0 Å². The number of benzene rings is 1. The van der Waals surface area contributed by atoms with Gasteiger partial charge in [0.05, 0.1) is 6.04 Å². The molecule has 1 aromatic heterocycles. The van der Waals surface area contributed by atoms with Gasteiger partial charge in [0.25, 0.3) is 0 Å². The first-order chi connectivity index (χ1) is 9.63. The summed E-state index contributed by atoms with van der Waals surface area (Å²) in [7, 11) is 0. The van der Waals surface area contributed by atoms with Crippen molar-refractivity contribution in [2.75, 3.05) is 0 Å². The standard InChI is InChI=1S/C14H19N5S/c1-9-3-6-13(11(7-9)8-10(2)15)20-14-16-17-18-19(14)12-4-5-12/h3,6-7,10,12H,4-5,8,15H2,1-2H3. The predicted octanol–water partition coefficient (Wildman–Crippen LogP) is 2.36. The molecule has 3 rings (SSSR count). The molecule has 1 heterocycles. The molecule has 1 saturated carbocycles. The van der Waals surface area contributed by atoms with E-state index in [2.05, 4.69) is 40.6 Å². The molecule has 1 aromatic carbocycles. The molecule has 0 amide bonds. The molecule has 0 bridgehead atoms. The number of aryl methyl sites for hydroxylation is 1. The zero-order valence-electron chi connectivity index (χ0n) is 11.8. The fourth-order valence-corrected chi connectivity index (χ4v) is 3.18. The maximum atomic E-state index is 5.95. The number of tetrazole rings is 1. The van der Waals surface area contributed by atoms with Gasteiger partial charge in [-0.2, -0.15) is 0 Å². The van der Waals surface area contributed by atoms with E-state index in [-0.39, 0.29) is 6.04 Å². The quantitative estimate of drug-likeness (QED) is 0.915. The number of nitrogens with zero attached hydrogens (tertiary/aromatic N) is 4. The van der Waals surface area contributed by atoms with Crippen LogP contribution in [0.15, 0.2) is 28.3 Å². The molecular formula is C14H19N5S. The summed E-state index contributed by atoms with van der Waals surface area (Å²) in [5.41, 5.74) is 8.48. The van der Waals surface area contributed by atoms with Gasteiger partial charge in [0.15, 0.2) is 0 Å². The summed E-state index contributed by atoms with van der Waals surface area (Å²) in [4.78, 5) is 1.20. The lowest BCUT2D eigenvalue weighted by Gasteiger charge is -2.12. The van der Waals surface area contributed by atoms with Crippen LogP contribution in [0.2, 0.25) is 0 Å². The van der Waals surface area contributed by atoms with Crippen LogP contribution in [-0.4, -0.2) is 26.2 Å². The molecular weight excluding hydrogens is 270 g/mol. The van der Waals surface area contributed by atoms with Gasteiger partial charge >= 0.3 is 0 Å². The summed E-state index contributed by atoms with van der Waals surface area (Å²) < 4.78 is 1.94. The maximum Gasteiger partial charge on any atom is 0.214 e. The first kappa shape index (κ1) is 13.6. The highest BCUT2D eigenvalue weighted by atomic mass is 32.2. The second kappa shape index (κ2) is 5.54. The van der Waals surface area contributed by atoms with Crippen molar-refractivity contribution in [1.82, 2.24) is 20.2 Å². The molecule has 0 saturated heterocycles. The highest BCUT2D eigenvalue weighted by Gasteiger charge is 2.28. The Morgan fingerprint density at radius 3 is 2.95 bits per heavy atom. The Kier molecular flexibility index (Phi) is 3.76. The van der Waals surface area contributed by atoms with Gasteiger partial charge in [-0.15, -0.1) is 5.10 Å². The Morgan fingerprint density at radius 1 is 1.45 bits per heavy atom. The van der Waals surface area contributed by atoms with Gasteiger partial charge in [0.1, 0.15) is 0 Å². The van der Waals surface area contributed by atoms with Gasteiger partial charge in [-0.1, -0.05) is 17.7 Å². The number of aromatic nitrogens is 4. The Bertz CT molecular complexity index is 603. The van der Waals surface area contributed by atoms with E-state index in [9.17, 15) is 0 Å². The van der Waals surface area contributed by atoms with E-state index >= 15 is 0 Å². The minimum atomic E-state index is 0.149. The number of nitrogens with two attached hydrogens (primary N) is 1. The summed E-state index contributed by atoms with van der Waals surface area (Å²) in [6, 6.07) is 7.11. The molecule has 1 fully saturated rings. The van der Waals surface area contributed by atoms with Crippen molar-refractivity contribution in [2.45, 2.75) is 55.2 Å². The summed E-state index contributed by atoms with van der Waals surface area (Å²) in [6.45, 7) is 4.14. The molecule has 6 heteroatoms. The van der Waals surface area contributed by atoms with Crippen LogP contribution in [0.1, 0.15) is 36.9 Å². The normalized spacial score (nSPS) is 16.4. The monoisotopic (exact) mass is 289 g/mol. The van der Waals surface area contributed by atoms with Crippen molar-refractivity contribution >= 4 is 11.8 Å². The van der Waals surface area contributed by atoms with E-state index in [0.717, 1.165) is 11.6 Å². The third-order valence-electron chi connectivity index (χ3n) is 3.31. The van der Waals surface area contributed by atoms with Crippen LogP contribution in [0, 0.1) is 6.92 Å². The summed E-state index contributed by atoms with van der Waals surface area (Å²) in [6.07, 6.45) is 3.23. The van der Waals surface area contributed by atoms with E-state index in [1.807, 2.05) is 11.6 Å². The van der Waals surface area contributed by atoms with Crippen LogP contribution in [0.25, 0.3) is 0 Å². The lowest BCUT2D eigenvalue weighted by atomic mass is 10.1. The van der Waals surface area contributed by atoms with Crippen molar-refractivity contribution in [3.63, 3.8) is 0 Å². The Morgan fingerprint density at radius 2 is 2.25 bits per heavy atom. The number of hydrogen-bond acceptors (Lipinski definition) is 5. The van der Waals surface area contributed by atoms with Crippen molar-refractivity contribution in [1.29, 1.82) is 0 Å². The zero-order valence-corrected chi connectivity index (χ0v) is 12.6. The van der Waals surface area contributed by atoms with E-state index in [0.29, 0.717) is 6.04 Å². The highest BCUT2D eigenvalue weighted by Crippen LogP contribution is 2.38. The van der Waals surface area contributed by atoms with Crippen molar-refractivity contribution in [3.8, 4) is 0 Å². The molecule has 1 aliphatic carbocycles. The highest BCUT2D eigenvalue weighted by molar-refractivity contribution is 7.99. The third kappa shape index (κ3) is 3.02. The molecule has 2 N–H and O–H groups in total. The van der Waals surface area contributed by atoms with E-state index in [4.69, 9.17) is 5.73 Å². The van der Waals surface area contributed by atoms with Crippen LogP contribution in [0.3, 0.4) is 0 Å². The van der Waals surface area contributed by atoms with Crippen LogP contribution >= 0.6 is 11.8 Å². The molecule has 106 valence electrons. The molecule has 20 heavy (non-hydrogen) atoms. The largest absolute Gasteiger partial charge is 0.328 e. The average Bonchev–Trinajstić information content (AvgIpc) is 3.12. The van der Waals surface area contributed by atoms with Gasteiger partial charge in [0, 0.05) is 10.9 Å². The van der Waals surface area contributed by atoms with Gasteiger partial charge in [0.2, 0.25) is 5.16 Å². The maximum absolute atomic E-state index is 5.95. The summed E-state index contributed by atoms with van der Waals surface area (Å²) in [5.74, 6) is 0. The second-order valence-corrected chi connectivity index (χ2v) is 6.54. The summed E-state index contributed by atoms with van der Waals surface area (Å²) >= 11 is 1.64. The fourth-order valence-electron chi connectivity index (χ4n) is 2.21. The lowest BCUT2D eigenvalue weighted by Crippen LogP contribution is -2.18. The predicted molar refractivity (Wildman–Crippen MR) is 78.7 cm³/mol. The second-order valence-electron chi connectivity index (χ2n) is 5.53. The summed E-state index contributed by atoms with van der Waals surface area (Å²) in [5, 5.41) is 12.9. The first-order valence-corrected chi connectivity index (χ1v) is 7.76. The van der Waals surface area contributed by atoms with E-state index in [1.54, 1.807) is 11.8 Å². The molecule has 0 radical (unpaired) electrons. The molecule has 5 nitrogen and oxygen atoms in total. The number of hydrogen-bond donors (Lipinski definition) is 1. The Labute approximate surface area is 122 Å². The van der Waals surface area contributed by atoms with Crippen molar-refractivity contribution in [3.05, 3.63) is 29.3 Å². The molecule has 1 atom stereocenters. The van der Waals surface area contributed by atoms with Crippen LogP contribution in [-0.2, 0) is 6.42 Å². The minimum absolute atomic E-state index is 0.149. The lowest BCUT2D eigenvalue weighted by molar-refractivity contribution is 0.565. The van der Waals surface area contributed by atoms with Crippen LogP contribution in [0.5, 0.6) is 0 Å². The molecule has 1 unspecified atom stereocenters. The molecule has 1 aliphatic rings. The third-order valence-corrected chi connectivity index (χ3v) is 4.38. The average molecular weight is 289 g/mol. The SMILES string of the molecule is Cc1ccc(Sc2nnnn2C2CC2)c(CC(C)N)c1. The minimum Gasteiger partial charge on any atom is -0.328 e. The van der Waals surface area contributed by atoms with Gasteiger partial charge in [-0.25, -0.2) is 4.68 Å². The van der Waals surface area contributed by atoms with Gasteiger partial charge in [-0.05, 0) is 66.9 Å². The van der Waals surface area contributed by atoms with E-state index < -0.39 is 0 Å². The number of rotatable bonds is 5. The Hall–Kier alpha value is -1.40. The first-order valence-electron chi connectivity index (χ1n) is 6.94. The topological polar surface area (TPSA) is 69.6 Å². The Balaban J connectivity index is 1.87. The molecule has 0 aliphatic heterocycles. The molecule has 0 spiro atoms. The van der Waals surface area contributed by atoms with Gasteiger partial charge < -0.3 is 5.73 Å². The van der Waals surface area contributed by atoms with Crippen LogP contribution < -0.4 is 5.73 Å². The van der Waals surface area contributed by atoms with Crippen molar-refractivity contribution in [2.24, 2.45) is 5.73 Å². The van der Waals surface area contributed by atoms with E-state index in [1.165, 1.54) is 28.9 Å².